The highest BCUT2D eigenvalue weighted by Gasteiger charge is 2.37. The van der Waals surface area contributed by atoms with E-state index >= 15 is 0 Å². The number of aromatic hydroxyl groups is 1. The van der Waals surface area contributed by atoms with Gasteiger partial charge in [-0.05, 0) is 17.7 Å². The Morgan fingerprint density at radius 2 is 1.74 bits per heavy atom. The predicted molar refractivity (Wildman–Crippen MR) is 103 cm³/mol. The monoisotopic (exact) mass is 360 g/mol. The molecule has 0 saturated heterocycles. The maximum atomic E-state index is 13.0. The Labute approximate surface area is 156 Å². The number of para-hydroxylation sites is 1. The van der Waals surface area contributed by atoms with Gasteiger partial charge in [-0.25, -0.2) is 9.36 Å². The second-order valence-electron chi connectivity index (χ2n) is 7.05. The van der Waals surface area contributed by atoms with Gasteiger partial charge in [-0.2, -0.15) is 0 Å². The summed E-state index contributed by atoms with van der Waals surface area (Å²) >= 11 is 0. The van der Waals surface area contributed by atoms with Crippen molar-refractivity contribution in [2.75, 3.05) is 6.67 Å². The molecule has 136 valence electrons. The van der Waals surface area contributed by atoms with Crippen molar-refractivity contribution in [3.05, 3.63) is 82.4 Å². The molecule has 2 aliphatic rings. The number of imidazole rings is 1. The van der Waals surface area contributed by atoms with Crippen molar-refractivity contribution >= 4 is 5.71 Å². The molecule has 27 heavy (non-hydrogen) atoms. The van der Waals surface area contributed by atoms with Crippen molar-refractivity contribution in [3.63, 3.8) is 0 Å². The average molecular weight is 360 g/mol. The van der Waals surface area contributed by atoms with E-state index in [9.17, 15) is 9.90 Å². The molecule has 5 rings (SSSR count). The lowest BCUT2D eigenvalue weighted by atomic mass is 10.0. The lowest BCUT2D eigenvalue weighted by Crippen LogP contribution is -2.45. The summed E-state index contributed by atoms with van der Waals surface area (Å²) in [5, 5.41) is 10.7. The zero-order chi connectivity index (χ0) is 18.4. The van der Waals surface area contributed by atoms with Crippen LogP contribution in [0.25, 0.3) is 5.69 Å². The van der Waals surface area contributed by atoms with Gasteiger partial charge in [-0.15, -0.1) is 0 Å². The summed E-state index contributed by atoms with van der Waals surface area (Å²) in [6.45, 7) is 1.95. The van der Waals surface area contributed by atoms with Crippen LogP contribution in [0.1, 0.15) is 11.3 Å². The van der Waals surface area contributed by atoms with Gasteiger partial charge in [0, 0.05) is 25.2 Å². The van der Waals surface area contributed by atoms with Crippen LogP contribution in [0, 0.1) is 0 Å². The quantitative estimate of drug-likeness (QED) is 0.779. The van der Waals surface area contributed by atoms with Crippen LogP contribution in [0.2, 0.25) is 0 Å². The van der Waals surface area contributed by atoms with Gasteiger partial charge in [-0.3, -0.25) is 14.5 Å². The molecular formula is C21H20N4O2. The Bertz CT molecular complexity index is 1070. The Kier molecular flexibility index (Phi) is 3.72. The molecule has 0 bridgehead atoms. The van der Waals surface area contributed by atoms with E-state index in [1.165, 1.54) is 10.1 Å². The highest BCUT2D eigenvalue weighted by molar-refractivity contribution is 5.93. The molecule has 0 fully saturated rings. The van der Waals surface area contributed by atoms with Crippen LogP contribution in [-0.4, -0.2) is 37.6 Å². The normalized spacial score (nSPS) is 18.8. The van der Waals surface area contributed by atoms with E-state index in [1.807, 2.05) is 48.5 Å². The Hall–Kier alpha value is -3.12. The number of nitrogens with zero attached hydrogens (tertiary/aromatic N) is 4. The second kappa shape index (κ2) is 6.25. The van der Waals surface area contributed by atoms with Gasteiger partial charge in [0.15, 0.2) is 0 Å². The summed E-state index contributed by atoms with van der Waals surface area (Å²) in [5.41, 5.74) is 3.41. The lowest BCUT2D eigenvalue weighted by Gasteiger charge is -2.29. The highest BCUT2D eigenvalue weighted by atomic mass is 16.3. The number of rotatable bonds is 3. The van der Waals surface area contributed by atoms with Crippen LogP contribution in [0.4, 0.5) is 0 Å². The molecule has 0 aliphatic carbocycles. The minimum absolute atomic E-state index is 0.0221. The standard InChI is InChI=1S/C21H20N4O2/c26-20-18-11-17-19(23(14-22-17)12-15-7-3-1-4-8-15)13-24(18)21(27)25(20)16-9-5-2-6-10-16/h1-10,19,26H,11-14H2. The van der Waals surface area contributed by atoms with Crippen LogP contribution in [0.15, 0.2) is 70.5 Å². The molecule has 1 unspecified atom stereocenters. The maximum absolute atomic E-state index is 13.0. The van der Waals surface area contributed by atoms with Gasteiger partial charge in [0.1, 0.15) is 0 Å². The highest BCUT2D eigenvalue weighted by Crippen LogP contribution is 2.29. The third-order valence-corrected chi connectivity index (χ3v) is 5.45. The third-order valence-electron chi connectivity index (χ3n) is 5.45. The van der Waals surface area contributed by atoms with Crippen LogP contribution in [-0.2, 0) is 19.5 Å². The molecule has 3 heterocycles. The van der Waals surface area contributed by atoms with Gasteiger partial charge in [0.25, 0.3) is 0 Å². The number of benzene rings is 2. The molecule has 6 nitrogen and oxygen atoms in total. The number of fused-ring (bicyclic) bond motifs is 2. The van der Waals surface area contributed by atoms with Crippen LogP contribution < -0.4 is 5.69 Å². The Balaban J connectivity index is 1.49. The van der Waals surface area contributed by atoms with Gasteiger partial charge in [-0.1, -0.05) is 48.5 Å². The summed E-state index contributed by atoms with van der Waals surface area (Å²) < 4.78 is 3.09. The van der Waals surface area contributed by atoms with Crippen LogP contribution in [0.3, 0.4) is 0 Å². The number of hydrogen-bond donors (Lipinski definition) is 1. The number of aromatic nitrogens is 2. The first-order valence-corrected chi connectivity index (χ1v) is 9.12. The van der Waals surface area contributed by atoms with E-state index in [0.717, 1.165) is 12.3 Å². The first-order valence-electron chi connectivity index (χ1n) is 9.12. The molecule has 1 atom stereocenters. The largest absolute Gasteiger partial charge is 0.493 e. The van der Waals surface area contributed by atoms with E-state index in [0.29, 0.717) is 31.0 Å². The number of hydrogen-bond acceptors (Lipinski definition) is 4. The summed E-state index contributed by atoms with van der Waals surface area (Å²) in [6.07, 6.45) is 0.511. The zero-order valence-electron chi connectivity index (χ0n) is 14.8. The molecule has 2 aliphatic heterocycles. The van der Waals surface area contributed by atoms with E-state index in [-0.39, 0.29) is 17.6 Å². The van der Waals surface area contributed by atoms with Crippen LogP contribution >= 0.6 is 0 Å². The lowest BCUT2D eigenvalue weighted by molar-refractivity contribution is 0.236. The fourth-order valence-electron chi connectivity index (χ4n) is 4.06. The van der Waals surface area contributed by atoms with Crippen molar-refractivity contribution in [2.24, 2.45) is 4.99 Å². The molecule has 0 spiro atoms. The molecular weight excluding hydrogens is 340 g/mol. The Morgan fingerprint density at radius 1 is 1.04 bits per heavy atom. The SMILES string of the molecule is O=c1n2c(c(O)n1-c1ccccc1)CC1=NCN(Cc3ccccc3)C1C2. The van der Waals surface area contributed by atoms with Gasteiger partial charge >= 0.3 is 5.69 Å². The van der Waals surface area contributed by atoms with Crippen molar-refractivity contribution in [1.29, 1.82) is 0 Å². The molecule has 6 heteroatoms. The second-order valence-corrected chi connectivity index (χ2v) is 7.05. The molecule has 0 saturated carbocycles. The minimum atomic E-state index is -0.195. The van der Waals surface area contributed by atoms with Crippen molar-refractivity contribution in [1.82, 2.24) is 14.0 Å². The van der Waals surface area contributed by atoms with E-state index < -0.39 is 0 Å². The molecule has 0 amide bonds. The van der Waals surface area contributed by atoms with E-state index in [4.69, 9.17) is 4.99 Å². The summed E-state index contributed by atoms with van der Waals surface area (Å²) in [7, 11) is 0. The summed E-state index contributed by atoms with van der Waals surface area (Å²) in [6, 6.07) is 19.7. The molecule has 2 aromatic carbocycles. The molecule has 1 aromatic heterocycles. The zero-order valence-corrected chi connectivity index (χ0v) is 14.8. The fourth-order valence-corrected chi connectivity index (χ4v) is 4.06. The summed E-state index contributed by atoms with van der Waals surface area (Å²) in [4.78, 5) is 20.0. The molecule has 3 aromatic rings. The van der Waals surface area contributed by atoms with E-state index in [1.54, 1.807) is 4.57 Å². The van der Waals surface area contributed by atoms with Gasteiger partial charge in [0.05, 0.1) is 24.1 Å². The average Bonchev–Trinajstić information content (AvgIpc) is 3.21. The first kappa shape index (κ1) is 16.1. The van der Waals surface area contributed by atoms with Gasteiger partial charge in [0.2, 0.25) is 5.88 Å². The minimum Gasteiger partial charge on any atom is -0.493 e. The fraction of sp³-hybridized carbons (Fsp3) is 0.238. The van der Waals surface area contributed by atoms with Crippen molar-refractivity contribution < 1.29 is 5.11 Å². The third kappa shape index (κ3) is 2.61. The smallest absolute Gasteiger partial charge is 0.336 e. The Morgan fingerprint density at radius 3 is 2.48 bits per heavy atom. The van der Waals surface area contributed by atoms with E-state index in [2.05, 4.69) is 17.0 Å². The van der Waals surface area contributed by atoms with Gasteiger partial charge < -0.3 is 5.11 Å². The maximum Gasteiger partial charge on any atom is 0.336 e. The first-order chi connectivity index (χ1) is 13.2. The molecule has 0 radical (unpaired) electrons. The predicted octanol–water partition coefficient (Wildman–Crippen LogP) is 2.18. The summed E-state index contributed by atoms with van der Waals surface area (Å²) in [5.74, 6) is 0.0221. The van der Waals surface area contributed by atoms with Crippen LogP contribution in [0.5, 0.6) is 5.88 Å². The van der Waals surface area contributed by atoms with Crippen molar-refractivity contribution in [3.8, 4) is 11.6 Å². The molecule has 1 N–H and O–H groups in total. The number of aliphatic imine (C=N–C) groups is 1. The van der Waals surface area contributed by atoms with Crippen molar-refractivity contribution in [2.45, 2.75) is 25.6 Å². The topological polar surface area (TPSA) is 62.8 Å².